The molecule has 0 saturated carbocycles. The molecule has 0 spiro atoms. The standard InChI is InChI=1S/C20H17Cl2NO3S2/c1-2-26-20(25)15-11-5-3-4-6-13(11)28-19(15)23-18(24)17-16(22)12-8-7-10(21)9-14(12)27-17/h7-9H,2-6H2,1H3,(H,23,24). The molecule has 0 saturated heterocycles. The van der Waals surface area contributed by atoms with Gasteiger partial charge in [-0.1, -0.05) is 29.3 Å². The van der Waals surface area contributed by atoms with E-state index in [4.69, 9.17) is 27.9 Å². The summed E-state index contributed by atoms with van der Waals surface area (Å²) in [6.45, 7) is 2.07. The molecule has 1 aliphatic rings. The van der Waals surface area contributed by atoms with Crippen LogP contribution in [-0.4, -0.2) is 18.5 Å². The molecule has 0 bridgehead atoms. The molecule has 1 amide bonds. The lowest BCUT2D eigenvalue weighted by Gasteiger charge is -2.12. The summed E-state index contributed by atoms with van der Waals surface area (Å²) in [5, 5.41) is 5.23. The van der Waals surface area contributed by atoms with Crippen molar-refractivity contribution in [3.8, 4) is 0 Å². The molecule has 0 atom stereocenters. The number of ether oxygens (including phenoxy) is 1. The van der Waals surface area contributed by atoms with Gasteiger partial charge in [0.15, 0.2) is 0 Å². The Balaban J connectivity index is 1.71. The molecule has 0 unspecified atom stereocenters. The second-order valence-electron chi connectivity index (χ2n) is 6.48. The molecule has 4 rings (SSSR count). The smallest absolute Gasteiger partial charge is 0.341 e. The van der Waals surface area contributed by atoms with Crippen molar-refractivity contribution < 1.29 is 14.3 Å². The van der Waals surface area contributed by atoms with Crippen molar-refractivity contribution in [2.75, 3.05) is 11.9 Å². The number of esters is 1. The average molecular weight is 454 g/mol. The number of benzene rings is 1. The fraction of sp³-hybridized carbons (Fsp3) is 0.300. The van der Waals surface area contributed by atoms with Gasteiger partial charge in [-0.25, -0.2) is 4.79 Å². The quantitative estimate of drug-likeness (QED) is 0.453. The second-order valence-corrected chi connectivity index (χ2v) is 9.45. The Bertz CT molecular complexity index is 1090. The fourth-order valence-electron chi connectivity index (χ4n) is 3.42. The summed E-state index contributed by atoms with van der Waals surface area (Å²) < 4.78 is 6.09. The Morgan fingerprint density at radius 3 is 2.75 bits per heavy atom. The second kappa shape index (κ2) is 8.03. The van der Waals surface area contributed by atoms with Crippen LogP contribution in [0.3, 0.4) is 0 Å². The van der Waals surface area contributed by atoms with Gasteiger partial charge in [0.1, 0.15) is 9.88 Å². The van der Waals surface area contributed by atoms with E-state index in [9.17, 15) is 9.59 Å². The molecule has 0 aliphatic heterocycles. The molecule has 8 heteroatoms. The van der Waals surface area contributed by atoms with Crippen molar-refractivity contribution in [1.29, 1.82) is 0 Å². The van der Waals surface area contributed by atoms with Gasteiger partial charge in [0.25, 0.3) is 5.91 Å². The van der Waals surface area contributed by atoms with Crippen LogP contribution in [0.15, 0.2) is 18.2 Å². The Morgan fingerprint density at radius 1 is 1.18 bits per heavy atom. The van der Waals surface area contributed by atoms with Crippen LogP contribution in [0.25, 0.3) is 10.1 Å². The zero-order valence-electron chi connectivity index (χ0n) is 15.1. The summed E-state index contributed by atoms with van der Waals surface area (Å²) in [7, 11) is 0. The number of aryl methyl sites for hydroxylation is 1. The molecule has 28 heavy (non-hydrogen) atoms. The predicted octanol–water partition coefficient (Wildman–Crippen LogP) is 6.58. The lowest BCUT2D eigenvalue weighted by Crippen LogP contribution is -2.15. The molecular weight excluding hydrogens is 437 g/mol. The Labute approximate surface area is 180 Å². The van der Waals surface area contributed by atoms with E-state index in [1.54, 1.807) is 25.1 Å². The molecule has 1 aromatic carbocycles. The van der Waals surface area contributed by atoms with Crippen molar-refractivity contribution in [3.63, 3.8) is 0 Å². The van der Waals surface area contributed by atoms with Gasteiger partial charge in [0.2, 0.25) is 0 Å². The number of fused-ring (bicyclic) bond motifs is 2. The third-order valence-electron chi connectivity index (χ3n) is 4.68. The largest absolute Gasteiger partial charge is 0.462 e. The summed E-state index contributed by atoms with van der Waals surface area (Å²) in [6, 6.07) is 5.34. The van der Waals surface area contributed by atoms with Crippen molar-refractivity contribution in [1.82, 2.24) is 0 Å². The molecule has 146 valence electrons. The summed E-state index contributed by atoms with van der Waals surface area (Å²) in [6.07, 6.45) is 3.88. The highest BCUT2D eigenvalue weighted by Gasteiger charge is 2.28. The van der Waals surface area contributed by atoms with E-state index in [0.717, 1.165) is 46.2 Å². The Hall–Kier alpha value is -1.60. The van der Waals surface area contributed by atoms with E-state index in [1.165, 1.54) is 22.7 Å². The van der Waals surface area contributed by atoms with Gasteiger partial charge >= 0.3 is 5.97 Å². The van der Waals surface area contributed by atoms with Crippen LogP contribution in [0.2, 0.25) is 10.0 Å². The maximum atomic E-state index is 13.0. The fourth-order valence-corrected chi connectivity index (χ4v) is 6.38. The van der Waals surface area contributed by atoms with Gasteiger partial charge < -0.3 is 10.1 Å². The highest BCUT2D eigenvalue weighted by molar-refractivity contribution is 7.22. The van der Waals surface area contributed by atoms with Crippen LogP contribution in [0.1, 0.15) is 50.2 Å². The predicted molar refractivity (Wildman–Crippen MR) is 117 cm³/mol. The van der Waals surface area contributed by atoms with Crippen molar-refractivity contribution in [2.45, 2.75) is 32.6 Å². The van der Waals surface area contributed by atoms with E-state index in [0.29, 0.717) is 32.1 Å². The van der Waals surface area contributed by atoms with E-state index in [2.05, 4.69) is 5.32 Å². The number of hydrogen-bond donors (Lipinski definition) is 1. The number of hydrogen-bond acceptors (Lipinski definition) is 5. The normalized spacial score (nSPS) is 13.4. The Morgan fingerprint density at radius 2 is 1.96 bits per heavy atom. The highest BCUT2D eigenvalue weighted by atomic mass is 35.5. The first-order valence-corrected chi connectivity index (χ1v) is 11.4. The number of anilines is 1. The summed E-state index contributed by atoms with van der Waals surface area (Å²) in [5.41, 5.74) is 1.51. The summed E-state index contributed by atoms with van der Waals surface area (Å²) >= 11 is 15.2. The van der Waals surface area contributed by atoms with E-state index < -0.39 is 0 Å². The lowest BCUT2D eigenvalue weighted by molar-refractivity contribution is 0.0526. The van der Waals surface area contributed by atoms with Gasteiger partial charge in [-0.05, 0) is 50.3 Å². The molecule has 2 heterocycles. The molecule has 3 aromatic rings. The SMILES string of the molecule is CCOC(=O)c1c(NC(=O)c2sc3cc(Cl)ccc3c2Cl)sc2c1CCCC2. The maximum Gasteiger partial charge on any atom is 0.341 e. The molecule has 2 aromatic heterocycles. The van der Waals surface area contributed by atoms with Crippen LogP contribution in [0, 0.1) is 0 Å². The van der Waals surface area contributed by atoms with Gasteiger partial charge in [0.05, 0.1) is 17.2 Å². The zero-order chi connectivity index (χ0) is 19.8. The molecule has 1 aliphatic carbocycles. The van der Waals surface area contributed by atoms with Crippen LogP contribution in [-0.2, 0) is 17.6 Å². The third-order valence-corrected chi connectivity index (χ3v) is 7.77. The summed E-state index contributed by atoms with van der Waals surface area (Å²) in [5.74, 6) is -0.710. The third kappa shape index (κ3) is 3.54. The van der Waals surface area contributed by atoms with Crippen LogP contribution >= 0.6 is 45.9 Å². The zero-order valence-corrected chi connectivity index (χ0v) is 18.2. The first kappa shape index (κ1) is 19.7. The minimum absolute atomic E-state index is 0.291. The highest BCUT2D eigenvalue weighted by Crippen LogP contribution is 2.41. The average Bonchev–Trinajstić information content (AvgIpc) is 3.19. The van der Waals surface area contributed by atoms with Crippen molar-refractivity contribution in [2.24, 2.45) is 0 Å². The number of carbonyl (C=O) groups excluding carboxylic acids is 2. The van der Waals surface area contributed by atoms with Crippen LogP contribution in [0.5, 0.6) is 0 Å². The number of thiophene rings is 2. The minimum atomic E-state index is -0.383. The summed E-state index contributed by atoms with van der Waals surface area (Å²) in [4.78, 5) is 27.1. The first-order valence-electron chi connectivity index (χ1n) is 9.00. The number of carbonyl (C=O) groups is 2. The van der Waals surface area contributed by atoms with Crippen molar-refractivity contribution in [3.05, 3.63) is 49.1 Å². The van der Waals surface area contributed by atoms with Crippen LogP contribution in [0.4, 0.5) is 5.00 Å². The van der Waals surface area contributed by atoms with Gasteiger partial charge in [0, 0.05) is 20.0 Å². The monoisotopic (exact) mass is 453 g/mol. The van der Waals surface area contributed by atoms with E-state index in [1.807, 2.05) is 0 Å². The lowest BCUT2D eigenvalue weighted by atomic mass is 9.95. The van der Waals surface area contributed by atoms with Crippen LogP contribution < -0.4 is 5.32 Å². The number of amides is 1. The Kier molecular flexibility index (Phi) is 5.65. The van der Waals surface area contributed by atoms with E-state index >= 15 is 0 Å². The van der Waals surface area contributed by atoms with Crippen molar-refractivity contribution >= 4 is 72.8 Å². The topological polar surface area (TPSA) is 55.4 Å². The maximum absolute atomic E-state index is 13.0. The molecular formula is C20H17Cl2NO3S2. The number of halogens is 2. The van der Waals surface area contributed by atoms with E-state index in [-0.39, 0.29) is 11.9 Å². The molecule has 0 radical (unpaired) electrons. The minimum Gasteiger partial charge on any atom is -0.462 e. The first-order chi connectivity index (χ1) is 13.5. The molecule has 0 fully saturated rings. The molecule has 4 nitrogen and oxygen atoms in total. The van der Waals surface area contributed by atoms with Gasteiger partial charge in [-0.15, -0.1) is 22.7 Å². The van der Waals surface area contributed by atoms with Gasteiger partial charge in [-0.2, -0.15) is 0 Å². The number of nitrogens with one attached hydrogen (secondary N) is 1. The number of rotatable bonds is 4. The van der Waals surface area contributed by atoms with Gasteiger partial charge in [-0.3, -0.25) is 4.79 Å². The molecule has 1 N–H and O–H groups in total.